The van der Waals surface area contributed by atoms with E-state index in [1.807, 2.05) is 12.1 Å². The van der Waals surface area contributed by atoms with Crippen molar-refractivity contribution in [2.75, 3.05) is 26.9 Å². The molecule has 0 atom stereocenters. The number of halogens is 1. The Hall–Kier alpha value is -3.13. The van der Waals surface area contributed by atoms with Crippen molar-refractivity contribution in [2.24, 2.45) is 0 Å². The third kappa shape index (κ3) is 4.98. The summed E-state index contributed by atoms with van der Waals surface area (Å²) in [6.07, 6.45) is 0. The van der Waals surface area contributed by atoms with Crippen LogP contribution in [0.4, 0.5) is 4.39 Å². The summed E-state index contributed by atoms with van der Waals surface area (Å²) in [7, 11) is 1.55. The molecule has 3 rings (SSSR count). The Kier molecular flexibility index (Phi) is 6.44. The van der Waals surface area contributed by atoms with Gasteiger partial charge in [0, 0.05) is 4.70 Å². The fourth-order valence-corrected chi connectivity index (χ4v) is 3.39. The number of ether oxygens (including phenoxy) is 3. The zero-order chi connectivity index (χ0) is 19.9. The Morgan fingerprint density at radius 2 is 1.89 bits per heavy atom. The third-order valence-corrected chi connectivity index (χ3v) is 4.86. The van der Waals surface area contributed by atoms with Crippen LogP contribution in [0.15, 0.2) is 48.5 Å². The van der Waals surface area contributed by atoms with E-state index in [-0.39, 0.29) is 19.0 Å². The zero-order valence-electron chi connectivity index (χ0n) is 15.1. The van der Waals surface area contributed by atoms with E-state index in [1.165, 1.54) is 23.5 Å². The minimum absolute atomic E-state index is 0.238. The van der Waals surface area contributed by atoms with E-state index in [2.05, 4.69) is 5.32 Å². The van der Waals surface area contributed by atoms with Crippen LogP contribution in [0.3, 0.4) is 0 Å². The first-order valence-electron chi connectivity index (χ1n) is 8.45. The smallest absolute Gasteiger partial charge is 0.348 e. The van der Waals surface area contributed by atoms with Crippen LogP contribution in [0, 0.1) is 5.82 Å². The fraction of sp³-hybridized carbons (Fsp3) is 0.200. The summed E-state index contributed by atoms with van der Waals surface area (Å²) < 4.78 is 29.7. The Morgan fingerprint density at radius 1 is 1.11 bits per heavy atom. The minimum atomic E-state index is -0.623. The number of hydrogen-bond donors (Lipinski definition) is 1. The maximum Gasteiger partial charge on any atom is 0.348 e. The molecule has 0 aliphatic rings. The molecule has 1 N–H and O–H groups in total. The van der Waals surface area contributed by atoms with Gasteiger partial charge in [0.25, 0.3) is 5.91 Å². The summed E-state index contributed by atoms with van der Waals surface area (Å²) in [5.41, 5.74) is 0. The van der Waals surface area contributed by atoms with Gasteiger partial charge < -0.3 is 19.5 Å². The number of fused-ring (bicyclic) bond motifs is 1. The topological polar surface area (TPSA) is 73.9 Å². The van der Waals surface area contributed by atoms with Crippen LogP contribution in [0.5, 0.6) is 11.5 Å². The predicted molar refractivity (Wildman–Crippen MR) is 104 cm³/mol. The molecule has 0 radical (unpaired) electrons. The third-order valence-electron chi connectivity index (χ3n) is 3.76. The lowest BCUT2D eigenvalue weighted by molar-refractivity contribution is -0.124. The van der Waals surface area contributed by atoms with Gasteiger partial charge in [0.05, 0.1) is 13.7 Å². The monoisotopic (exact) mass is 403 g/mol. The standard InChI is InChI=1S/C20H18FNO5S/c1-25-15-4-2-3-5-16(15)26-9-8-22-19(23)12-27-20(24)18-11-13-10-14(21)6-7-17(13)28-18/h2-7,10-11H,8-9,12H2,1H3,(H,22,23). The SMILES string of the molecule is COc1ccccc1OCCNC(=O)COC(=O)c1cc2cc(F)ccc2s1. The van der Waals surface area contributed by atoms with Gasteiger partial charge in [0.1, 0.15) is 17.3 Å². The second-order valence-corrected chi connectivity index (χ2v) is 6.80. The van der Waals surface area contributed by atoms with E-state index in [9.17, 15) is 14.0 Å². The number of carbonyl (C=O) groups excluding carboxylic acids is 2. The van der Waals surface area contributed by atoms with Crippen LogP contribution < -0.4 is 14.8 Å². The Morgan fingerprint density at radius 3 is 2.68 bits per heavy atom. The number of nitrogens with one attached hydrogen (secondary N) is 1. The lowest BCUT2D eigenvalue weighted by Gasteiger charge is -2.10. The Balaban J connectivity index is 1.41. The molecular formula is C20H18FNO5S. The molecule has 2 aromatic carbocycles. The van der Waals surface area contributed by atoms with Crippen molar-refractivity contribution in [2.45, 2.75) is 0 Å². The first kappa shape index (κ1) is 19.6. The fourth-order valence-electron chi connectivity index (χ4n) is 2.46. The molecule has 0 saturated heterocycles. The quantitative estimate of drug-likeness (QED) is 0.461. The van der Waals surface area contributed by atoms with Crippen LogP contribution in [-0.4, -0.2) is 38.7 Å². The Labute approximate surface area is 164 Å². The average Bonchev–Trinajstić information content (AvgIpc) is 3.13. The average molecular weight is 403 g/mol. The van der Waals surface area contributed by atoms with Gasteiger partial charge in [0.2, 0.25) is 0 Å². The van der Waals surface area contributed by atoms with Crippen molar-refractivity contribution in [3.05, 3.63) is 59.2 Å². The van der Waals surface area contributed by atoms with E-state index in [0.717, 1.165) is 4.70 Å². The van der Waals surface area contributed by atoms with Crippen LogP contribution in [-0.2, 0) is 9.53 Å². The van der Waals surface area contributed by atoms with Crippen LogP contribution in [0.1, 0.15) is 9.67 Å². The van der Waals surface area contributed by atoms with Crippen LogP contribution >= 0.6 is 11.3 Å². The van der Waals surface area contributed by atoms with Crippen molar-refractivity contribution < 1.29 is 28.2 Å². The van der Waals surface area contributed by atoms with Gasteiger partial charge in [-0.1, -0.05) is 12.1 Å². The van der Waals surface area contributed by atoms with Gasteiger partial charge in [-0.05, 0) is 41.8 Å². The number of methoxy groups -OCH3 is 1. The van der Waals surface area contributed by atoms with Crippen molar-refractivity contribution >= 4 is 33.3 Å². The number of benzene rings is 2. The number of carbonyl (C=O) groups is 2. The minimum Gasteiger partial charge on any atom is -0.493 e. The molecule has 146 valence electrons. The normalized spacial score (nSPS) is 10.5. The first-order chi connectivity index (χ1) is 13.6. The highest BCUT2D eigenvalue weighted by molar-refractivity contribution is 7.20. The molecule has 0 aliphatic carbocycles. The summed E-state index contributed by atoms with van der Waals surface area (Å²) >= 11 is 1.18. The molecule has 3 aromatic rings. The largest absolute Gasteiger partial charge is 0.493 e. The lowest BCUT2D eigenvalue weighted by Crippen LogP contribution is -2.32. The van der Waals surface area contributed by atoms with Crippen molar-refractivity contribution in [3.63, 3.8) is 0 Å². The molecule has 1 heterocycles. The van der Waals surface area contributed by atoms with Gasteiger partial charge in [-0.15, -0.1) is 11.3 Å². The number of esters is 1. The highest BCUT2D eigenvalue weighted by Gasteiger charge is 2.14. The number of hydrogen-bond acceptors (Lipinski definition) is 6. The molecule has 0 aliphatic heterocycles. The number of para-hydroxylation sites is 2. The van der Waals surface area contributed by atoms with E-state index in [4.69, 9.17) is 14.2 Å². The summed E-state index contributed by atoms with van der Waals surface area (Å²) in [6.45, 7) is 0.0780. The molecule has 6 nitrogen and oxygen atoms in total. The first-order valence-corrected chi connectivity index (χ1v) is 9.27. The Bertz CT molecular complexity index is 988. The molecule has 0 spiro atoms. The molecule has 0 fully saturated rings. The van der Waals surface area contributed by atoms with E-state index in [1.54, 1.807) is 31.4 Å². The summed E-state index contributed by atoms with van der Waals surface area (Å²) in [4.78, 5) is 24.2. The van der Waals surface area contributed by atoms with E-state index >= 15 is 0 Å². The highest BCUT2D eigenvalue weighted by atomic mass is 32.1. The van der Waals surface area contributed by atoms with Gasteiger partial charge in [0.15, 0.2) is 18.1 Å². The molecular weight excluding hydrogens is 385 g/mol. The number of rotatable bonds is 8. The molecule has 0 unspecified atom stereocenters. The molecule has 0 saturated carbocycles. The second-order valence-electron chi connectivity index (χ2n) is 5.72. The highest BCUT2D eigenvalue weighted by Crippen LogP contribution is 2.27. The van der Waals surface area contributed by atoms with Crippen LogP contribution in [0.25, 0.3) is 10.1 Å². The maximum absolute atomic E-state index is 13.2. The molecule has 1 aromatic heterocycles. The second kappa shape index (κ2) is 9.18. The maximum atomic E-state index is 13.2. The van der Waals surface area contributed by atoms with Crippen molar-refractivity contribution in [3.8, 4) is 11.5 Å². The molecule has 0 bridgehead atoms. The zero-order valence-corrected chi connectivity index (χ0v) is 15.9. The van der Waals surface area contributed by atoms with Gasteiger partial charge in [-0.25, -0.2) is 9.18 Å². The van der Waals surface area contributed by atoms with Gasteiger partial charge in [-0.2, -0.15) is 0 Å². The predicted octanol–water partition coefficient (Wildman–Crippen LogP) is 3.40. The number of thiophene rings is 1. The van der Waals surface area contributed by atoms with Crippen molar-refractivity contribution in [1.82, 2.24) is 5.32 Å². The molecule has 28 heavy (non-hydrogen) atoms. The lowest BCUT2D eigenvalue weighted by atomic mass is 10.2. The molecule has 1 amide bonds. The van der Waals surface area contributed by atoms with E-state index in [0.29, 0.717) is 21.8 Å². The number of amides is 1. The van der Waals surface area contributed by atoms with Crippen molar-refractivity contribution in [1.29, 1.82) is 0 Å². The van der Waals surface area contributed by atoms with Gasteiger partial charge in [-0.3, -0.25) is 4.79 Å². The molecule has 8 heteroatoms. The summed E-state index contributed by atoms with van der Waals surface area (Å²) in [5.74, 6) is -0.260. The van der Waals surface area contributed by atoms with Crippen LogP contribution in [0.2, 0.25) is 0 Å². The van der Waals surface area contributed by atoms with E-state index < -0.39 is 18.5 Å². The van der Waals surface area contributed by atoms with Gasteiger partial charge >= 0.3 is 5.97 Å². The summed E-state index contributed by atoms with van der Waals surface area (Å²) in [6, 6.07) is 13.0. The summed E-state index contributed by atoms with van der Waals surface area (Å²) in [5, 5.41) is 3.22.